The Hall–Kier alpha value is -2.70. The minimum atomic E-state index is -0.638. The van der Waals surface area contributed by atoms with Gasteiger partial charge in [0.15, 0.2) is 5.13 Å². The quantitative estimate of drug-likeness (QED) is 0.325. The molecule has 10 nitrogen and oxygen atoms in total. The number of rotatable bonds is 8. The predicted octanol–water partition coefficient (Wildman–Crippen LogP) is 3.41. The molecule has 2 aromatic rings. The average Bonchev–Trinajstić information content (AvgIpc) is 3.19. The maximum absolute atomic E-state index is 12.6. The lowest BCUT2D eigenvalue weighted by molar-refractivity contribution is -0.387. The largest absolute Gasteiger partial charge is 0.378 e. The van der Waals surface area contributed by atoms with Crippen molar-refractivity contribution in [2.75, 3.05) is 37.0 Å². The molecule has 0 radical (unpaired) electrons. The zero-order valence-electron chi connectivity index (χ0n) is 18.8. The number of hydrogen-bond acceptors (Lipinski definition) is 9. The highest BCUT2D eigenvalue weighted by molar-refractivity contribution is 7.99. The number of anilines is 1. The Balaban J connectivity index is 1.63. The average molecular weight is 494 g/mol. The third-order valence-electron chi connectivity index (χ3n) is 4.93. The summed E-state index contributed by atoms with van der Waals surface area (Å²) in [6.45, 7) is 8.54. The molecule has 0 saturated carbocycles. The molecule has 0 spiro atoms. The number of benzene rings is 1. The van der Waals surface area contributed by atoms with Crippen LogP contribution in [0, 0.1) is 23.0 Å². The lowest BCUT2D eigenvalue weighted by Crippen LogP contribution is -2.41. The minimum absolute atomic E-state index is 0.0882. The number of morpholine rings is 1. The summed E-state index contributed by atoms with van der Waals surface area (Å²) in [6, 6.07) is 4.32. The Morgan fingerprint density at radius 2 is 1.97 bits per heavy atom. The fraction of sp³-hybridized carbons (Fsp3) is 0.476. The van der Waals surface area contributed by atoms with Gasteiger partial charge in [-0.05, 0) is 37.1 Å². The van der Waals surface area contributed by atoms with Crippen molar-refractivity contribution >= 4 is 45.7 Å². The van der Waals surface area contributed by atoms with Crippen molar-refractivity contribution in [2.24, 2.45) is 5.92 Å². The molecule has 3 rings (SSSR count). The van der Waals surface area contributed by atoms with Crippen LogP contribution < -0.4 is 15.8 Å². The first-order valence-corrected chi connectivity index (χ1v) is 12.4. The fourth-order valence-corrected chi connectivity index (χ4v) is 5.32. The molecular formula is C21H27N5O5S2. The van der Waals surface area contributed by atoms with E-state index in [0.29, 0.717) is 47.7 Å². The molecule has 0 unspecified atom stereocenters. The van der Waals surface area contributed by atoms with Crippen LogP contribution in [-0.2, 0) is 4.74 Å². The normalized spacial score (nSPS) is 13.8. The molecule has 2 heterocycles. The van der Waals surface area contributed by atoms with E-state index in [1.54, 1.807) is 13.0 Å². The summed E-state index contributed by atoms with van der Waals surface area (Å²) in [6.07, 6.45) is 0.931. The molecule has 1 aromatic heterocycles. The molecule has 1 saturated heterocycles. The summed E-state index contributed by atoms with van der Waals surface area (Å²) in [4.78, 5) is 43.5. The van der Waals surface area contributed by atoms with Gasteiger partial charge in [0, 0.05) is 24.7 Å². The monoisotopic (exact) mass is 493 g/mol. The Morgan fingerprint density at radius 1 is 1.27 bits per heavy atom. The lowest BCUT2D eigenvalue weighted by atomic mass is 10.2. The van der Waals surface area contributed by atoms with Gasteiger partial charge in [-0.15, -0.1) is 11.8 Å². The van der Waals surface area contributed by atoms with Crippen molar-refractivity contribution in [1.82, 2.24) is 15.8 Å². The third kappa shape index (κ3) is 6.65. The molecule has 0 aliphatic carbocycles. The van der Waals surface area contributed by atoms with Crippen molar-refractivity contribution in [3.05, 3.63) is 44.4 Å². The highest BCUT2D eigenvalue weighted by atomic mass is 32.2. The number of carbonyl (C=O) groups excluding carboxylic acids is 2. The van der Waals surface area contributed by atoms with Crippen molar-refractivity contribution < 1.29 is 19.2 Å². The number of hydrazine groups is 1. The molecule has 178 valence electrons. The highest BCUT2D eigenvalue weighted by Crippen LogP contribution is 2.31. The van der Waals surface area contributed by atoms with Crippen LogP contribution in [0.1, 0.15) is 46.0 Å². The molecule has 0 bridgehead atoms. The molecule has 2 amide bonds. The van der Waals surface area contributed by atoms with Crippen LogP contribution in [0.25, 0.3) is 0 Å². The van der Waals surface area contributed by atoms with Crippen molar-refractivity contribution in [1.29, 1.82) is 0 Å². The molecule has 1 aliphatic heterocycles. The summed E-state index contributed by atoms with van der Waals surface area (Å²) < 4.78 is 5.34. The van der Waals surface area contributed by atoms with Gasteiger partial charge in [0.2, 0.25) is 0 Å². The van der Waals surface area contributed by atoms with E-state index in [4.69, 9.17) is 4.74 Å². The number of nitrogens with zero attached hydrogens (tertiary/aromatic N) is 3. The summed E-state index contributed by atoms with van der Waals surface area (Å²) >= 11 is 2.64. The number of thioether (sulfide) groups is 1. The Labute approximate surface area is 200 Å². The maximum Gasteiger partial charge on any atom is 0.283 e. The lowest BCUT2D eigenvalue weighted by Gasteiger charge is -2.25. The number of nitro groups is 1. The zero-order chi connectivity index (χ0) is 24.0. The van der Waals surface area contributed by atoms with Crippen LogP contribution in [-0.4, -0.2) is 53.8 Å². The van der Waals surface area contributed by atoms with E-state index in [1.165, 1.54) is 35.2 Å². The number of carbonyl (C=O) groups is 2. The summed E-state index contributed by atoms with van der Waals surface area (Å²) in [5, 5.41) is 12.2. The van der Waals surface area contributed by atoms with E-state index in [0.717, 1.165) is 17.3 Å². The molecule has 12 heteroatoms. The number of thiazole rings is 1. The molecule has 1 aliphatic rings. The number of nitrogens with one attached hydrogen (secondary N) is 2. The second kappa shape index (κ2) is 11.4. The van der Waals surface area contributed by atoms with Gasteiger partial charge in [-0.2, -0.15) is 0 Å². The first-order chi connectivity index (χ1) is 15.8. The number of aryl methyl sites for hydroxylation is 1. The number of aromatic nitrogens is 1. The number of hydrogen-bond donors (Lipinski definition) is 2. The van der Waals surface area contributed by atoms with Gasteiger partial charge in [-0.1, -0.05) is 25.2 Å². The molecule has 1 fully saturated rings. The Kier molecular flexibility index (Phi) is 8.64. The van der Waals surface area contributed by atoms with E-state index >= 15 is 0 Å². The van der Waals surface area contributed by atoms with E-state index in [1.807, 2.05) is 0 Å². The molecule has 33 heavy (non-hydrogen) atoms. The second-order valence-corrected chi connectivity index (χ2v) is 10.0. The molecule has 2 N–H and O–H groups in total. The van der Waals surface area contributed by atoms with Crippen LogP contribution in [0.5, 0.6) is 0 Å². The van der Waals surface area contributed by atoms with Crippen LogP contribution in [0.4, 0.5) is 10.8 Å². The van der Waals surface area contributed by atoms with Gasteiger partial charge in [0.05, 0.1) is 28.7 Å². The van der Waals surface area contributed by atoms with Crippen LogP contribution in [0.15, 0.2) is 23.1 Å². The van der Waals surface area contributed by atoms with Crippen LogP contribution in [0.2, 0.25) is 0 Å². The second-order valence-electron chi connectivity index (χ2n) is 7.89. The highest BCUT2D eigenvalue weighted by Gasteiger charge is 2.22. The Morgan fingerprint density at radius 3 is 2.64 bits per heavy atom. The smallest absolute Gasteiger partial charge is 0.283 e. The number of ether oxygens (including phenoxy) is 1. The van der Waals surface area contributed by atoms with Gasteiger partial charge in [-0.25, -0.2) is 4.98 Å². The summed E-state index contributed by atoms with van der Waals surface area (Å²) in [7, 11) is 0. The van der Waals surface area contributed by atoms with Crippen molar-refractivity contribution in [2.45, 2.75) is 32.1 Å². The third-order valence-corrected chi connectivity index (χ3v) is 7.25. The first-order valence-electron chi connectivity index (χ1n) is 10.6. The number of amides is 2. The van der Waals surface area contributed by atoms with E-state index in [-0.39, 0.29) is 11.3 Å². The summed E-state index contributed by atoms with van der Waals surface area (Å²) in [5.41, 5.74) is 5.23. The predicted molar refractivity (Wildman–Crippen MR) is 128 cm³/mol. The van der Waals surface area contributed by atoms with E-state index in [9.17, 15) is 19.7 Å². The van der Waals surface area contributed by atoms with Gasteiger partial charge in [0.25, 0.3) is 17.5 Å². The van der Waals surface area contributed by atoms with Crippen molar-refractivity contribution in [3.8, 4) is 0 Å². The summed E-state index contributed by atoms with van der Waals surface area (Å²) in [5.74, 6) is 0.118. The van der Waals surface area contributed by atoms with Crippen molar-refractivity contribution in [3.63, 3.8) is 0 Å². The minimum Gasteiger partial charge on any atom is -0.378 e. The fourth-order valence-electron chi connectivity index (χ4n) is 3.05. The first kappa shape index (κ1) is 24.9. The van der Waals surface area contributed by atoms with Gasteiger partial charge in [-0.3, -0.25) is 30.6 Å². The van der Waals surface area contributed by atoms with Gasteiger partial charge < -0.3 is 9.64 Å². The standard InChI is InChI=1S/C21H27N5O5S2/c1-13(2)6-11-32-17-5-4-15(12-16(17)26(29)30)19(27)23-24-20(28)18-14(3)22-21(33-18)25-7-9-31-10-8-25/h4-5,12-13H,6-11H2,1-3H3,(H,23,27)(H,24,28). The number of nitro benzene ring substituents is 1. The van der Waals surface area contributed by atoms with E-state index in [2.05, 4.69) is 34.6 Å². The molecule has 0 atom stereocenters. The Bertz CT molecular complexity index is 1020. The van der Waals surface area contributed by atoms with Gasteiger partial charge in [0.1, 0.15) is 4.88 Å². The molecular weight excluding hydrogens is 466 g/mol. The van der Waals surface area contributed by atoms with E-state index < -0.39 is 16.7 Å². The SMILES string of the molecule is Cc1nc(N2CCOCC2)sc1C(=O)NNC(=O)c1ccc(SCCC(C)C)c([N+](=O)[O-])c1. The molecule has 1 aromatic carbocycles. The van der Waals surface area contributed by atoms with Crippen LogP contribution >= 0.6 is 23.1 Å². The van der Waals surface area contributed by atoms with Gasteiger partial charge >= 0.3 is 0 Å². The zero-order valence-corrected chi connectivity index (χ0v) is 20.4. The van der Waals surface area contributed by atoms with Crippen LogP contribution in [0.3, 0.4) is 0 Å². The topological polar surface area (TPSA) is 127 Å². The maximum atomic E-state index is 12.6.